The van der Waals surface area contributed by atoms with Crippen molar-refractivity contribution in [3.05, 3.63) is 45.7 Å². The zero-order chi connectivity index (χ0) is 13.1. The van der Waals surface area contributed by atoms with Gasteiger partial charge in [-0.1, -0.05) is 15.9 Å². The van der Waals surface area contributed by atoms with Gasteiger partial charge in [-0.15, -0.1) is 0 Å². The molecule has 4 nitrogen and oxygen atoms in total. The van der Waals surface area contributed by atoms with Gasteiger partial charge in [0.15, 0.2) is 0 Å². The van der Waals surface area contributed by atoms with Crippen LogP contribution in [0.2, 0.25) is 0 Å². The van der Waals surface area contributed by atoms with Gasteiger partial charge in [0.05, 0.1) is 0 Å². The van der Waals surface area contributed by atoms with Crippen molar-refractivity contribution in [2.45, 2.75) is 20.4 Å². The Balaban J connectivity index is 2.23. The topological polar surface area (TPSA) is 61.0 Å². The van der Waals surface area contributed by atoms with Crippen LogP contribution in [0.3, 0.4) is 0 Å². The van der Waals surface area contributed by atoms with Gasteiger partial charge in [-0.3, -0.25) is 0 Å². The standard InChI is InChI=1S/C13H14BrN3O/c1-8-5-11(3-4-12(8)14)18-13-16-7-10(6-15)9(2)17-13/h3-5,7H,6,15H2,1-2H3. The third-order valence-corrected chi connectivity index (χ3v) is 3.51. The van der Waals surface area contributed by atoms with Gasteiger partial charge >= 0.3 is 6.01 Å². The summed E-state index contributed by atoms with van der Waals surface area (Å²) in [5.74, 6) is 0.718. The summed E-state index contributed by atoms with van der Waals surface area (Å²) in [5, 5.41) is 0. The largest absolute Gasteiger partial charge is 0.424 e. The number of aryl methyl sites for hydroxylation is 2. The van der Waals surface area contributed by atoms with Crippen molar-refractivity contribution in [1.82, 2.24) is 9.97 Å². The minimum absolute atomic E-state index is 0.339. The van der Waals surface area contributed by atoms with E-state index in [1.54, 1.807) is 6.20 Å². The number of hydrogen-bond donors (Lipinski definition) is 1. The third kappa shape index (κ3) is 2.86. The van der Waals surface area contributed by atoms with Crippen LogP contribution in [0.1, 0.15) is 16.8 Å². The second-order valence-corrected chi connectivity index (χ2v) is 4.83. The van der Waals surface area contributed by atoms with E-state index in [1.807, 2.05) is 32.0 Å². The van der Waals surface area contributed by atoms with Crippen LogP contribution in [0.25, 0.3) is 0 Å². The molecule has 0 unspecified atom stereocenters. The molecule has 94 valence electrons. The van der Waals surface area contributed by atoms with Gasteiger partial charge in [0, 0.05) is 28.5 Å². The molecule has 0 aliphatic carbocycles. The zero-order valence-corrected chi connectivity index (χ0v) is 11.9. The van der Waals surface area contributed by atoms with Gasteiger partial charge in [0.1, 0.15) is 5.75 Å². The Morgan fingerprint density at radius 2 is 2.11 bits per heavy atom. The average molecular weight is 308 g/mol. The van der Waals surface area contributed by atoms with Crippen molar-refractivity contribution in [2.75, 3.05) is 0 Å². The van der Waals surface area contributed by atoms with Crippen molar-refractivity contribution < 1.29 is 4.74 Å². The summed E-state index contributed by atoms with van der Waals surface area (Å²) in [6, 6.07) is 6.07. The van der Waals surface area contributed by atoms with Crippen LogP contribution in [0.5, 0.6) is 11.8 Å². The molecule has 0 spiro atoms. The van der Waals surface area contributed by atoms with Crippen LogP contribution in [0, 0.1) is 13.8 Å². The normalized spacial score (nSPS) is 10.4. The summed E-state index contributed by atoms with van der Waals surface area (Å²) >= 11 is 3.44. The van der Waals surface area contributed by atoms with Crippen molar-refractivity contribution >= 4 is 15.9 Å². The van der Waals surface area contributed by atoms with E-state index in [1.165, 1.54) is 0 Å². The molecular weight excluding hydrogens is 294 g/mol. The SMILES string of the molecule is Cc1cc(Oc2ncc(CN)c(C)n2)ccc1Br. The number of hydrogen-bond acceptors (Lipinski definition) is 4. The number of ether oxygens (including phenoxy) is 1. The molecule has 0 fully saturated rings. The zero-order valence-electron chi connectivity index (χ0n) is 10.3. The van der Waals surface area contributed by atoms with Gasteiger partial charge in [-0.05, 0) is 37.6 Å². The lowest BCUT2D eigenvalue weighted by Gasteiger charge is -2.07. The van der Waals surface area contributed by atoms with E-state index < -0.39 is 0 Å². The molecule has 18 heavy (non-hydrogen) atoms. The summed E-state index contributed by atoms with van der Waals surface area (Å²) in [6.45, 7) is 4.33. The van der Waals surface area contributed by atoms with Gasteiger partial charge in [0.25, 0.3) is 0 Å². The number of nitrogens with zero attached hydrogens (tertiary/aromatic N) is 2. The van der Waals surface area contributed by atoms with Crippen LogP contribution in [-0.4, -0.2) is 9.97 Å². The predicted octanol–water partition coefficient (Wildman–Crippen LogP) is 3.11. The number of benzene rings is 1. The number of halogens is 1. The maximum atomic E-state index is 5.61. The molecule has 0 aliphatic heterocycles. The maximum absolute atomic E-state index is 5.61. The van der Waals surface area contributed by atoms with Crippen molar-refractivity contribution in [1.29, 1.82) is 0 Å². The van der Waals surface area contributed by atoms with E-state index >= 15 is 0 Å². The first-order valence-electron chi connectivity index (χ1n) is 5.56. The molecule has 2 aromatic rings. The van der Waals surface area contributed by atoms with E-state index in [-0.39, 0.29) is 0 Å². The average Bonchev–Trinajstić information content (AvgIpc) is 2.34. The highest BCUT2D eigenvalue weighted by Crippen LogP contribution is 2.24. The predicted molar refractivity (Wildman–Crippen MR) is 73.6 cm³/mol. The summed E-state index contributed by atoms with van der Waals surface area (Å²) in [7, 11) is 0. The number of nitrogens with two attached hydrogens (primary N) is 1. The Morgan fingerprint density at radius 1 is 1.33 bits per heavy atom. The van der Waals surface area contributed by atoms with Crippen molar-refractivity contribution in [3.8, 4) is 11.8 Å². The van der Waals surface area contributed by atoms with Crippen LogP contribution < -0.4 is 10.5 Å². The van der Waals surface area contributed by atoms with Crippen LogP contribution >= 0.6 is 15.9 Å². The Labute approximate surface area is 114 Å². The minimum atomic E-state index is 0.339. The Bertz CT molecular complexity index is 572. The fourth-order valence-electron chi connectivity index (χ4n) is 1.51. The molecule has 0 saturated heterocycles. The highest BCUT2D eigenvalue weighted by Gasteiger charge is 2.05. The third-order valence-electron chi connectivity index (χ3n) is 2.62. The Morgan fingerprint density at radius 3 is 2.72 bits per heavy atom. The first-order chi connectivity index (χ1) is 8.60. The molecule has 2 N–H and O–H groups in total. The van der Waals surface area contributed by atoms with E-state index in [0.29, 0.717) is 12.6 Å². The number of rotatable bonds is 3. The monoisotopic (exact) mass is 307 g/mol. The van der Waals surface area contributed by atoms with Gasteiger partial charge < -0.3 is 10.5 Å². The first kappa shape index (κ1) is 13.0. The summed E-state index contributed by atoms with van der Waals surface area (Å²) in [4.78, 5) is 8.40. The molecule has 2 rings (SSSR count). The lowest BCUT2D eigenvalue weighted by Crippen LogP contribution is -2.03. The summed E-state index contributed by atoms with van der Waals surface area (Å²) in [6.07, 6.45) is 1.70. The summed E-state index contributed by atoms with van der Waals surface area (Å²) < 4.78 is 6.66. The maximum Gasteiger partial charge on any atom is 0.322 e. The molecule has 1 heterocycles. The minimum Gasteiger partial charge on any atom is -0.424 e. The molecule has 5 heteroatoms. The van der Waals surface area contributed by atoms with E-state index in [4.69, 9.17) is 10.5 Å². The number of aromatic nitrogens is 2. The van der Waals surface area contributed by atoms with Crippen molar-refractivity contribution in [3.63, 3.8) is 0 Å². The molecule has 0 atom stereocenters. The molecule has 0 amide bonds. The fraction of sp³-hybridized carbons (Fsp3) is 0.231. The fourth-order valence-corrected chi connectivity index (χ4v) is 1.75. The van der Waals surface area contributed by atoms with E-state index in [9.17, 15) is 0 Å². The van der Waals surface area contributed by atoms with Gasteiger partial charge in [-0.25, -0.2) is 4.98 Å². The highest BCUT2D eigenvalue weighted by atomic mass is 79.9. The van der Waals surface area contributed by atoms with Crippen LogP contribution in [-0.2, 0) is 6.54 Å². The van der Waals surface area contributed by atoms with Gasteiger partial charge in [0.2, 0.25) is 0 Å². The van der Waals surface area contributed by atoms with Crippen molar-refractivity contribution in [2.24, 2.45) is 5.73 Å². The molecule has 0 bridgehead atoms. The van der Waals surface area contributed by atoms with E-state index in [0.717, 1.165) is 27.0 Å². The second-order valence-electron chi connectivity index (χ2n) is 3.98. The lowest BCUT2D eigenvalue weighted by molar-refractivity contribution is 0.439. The molecule has 0 radical (unpaired) electrons. The quantitative estimate of drug-likeness (QED) is 0.946. The molecule has 0 aliphatic rings. The highest BCUT2D eigenvalue weighted by molar-refractivity contribution is 9.10. The Hall–Kier alpha value is -1.46. The van der Waals surface area contributed by atoms with E-state index in [2.05, 4.69) is 25.9 Å². The Kier molecular flexibility index (Phi) is 3.93. The lowest BCUT2D eigenvalue weighted by atomic mass is 10.2. The van der Waals surface area contributed by atoms with Crippen LogP contribution in [0.4, 0.5) is 0 Å². The first-order valence-corrected chi connectivity index (χ1v) is 6.36. The molecular formula is C13H14BrN3O. The van der Waals surface area contributed by atoms with Crippen LogP contribution in [0.15, 0.2) is 28.9 Å². The van der Waals surface area contributed by atoms with Gasteiger partial charge in [-0.2, -0.15) is 4.98 Å². The smallest absolute Gasteiger partial charge is 0.322 e. The summed E-state index contributed by atoms with van der Waals surface area (Å²) in [5.41, 5.74) is 8.43. The molecule has 1 aromatic carbocycles. The molecule has 1 aromatic heterocycles. The second kappa shape index (κ2) is 5.46. The molecule has 0 saturated carbocycles.